The van der Waals surface area contributed by atoms with Crippen molar-refractivity contribution >= 4 is 0 Å². The van der Waals surface area contributed by atoms with E-state index in [1.807, 2.05) is 12.1 Å². The highest BCUT2D eigenvalue weighted by Gasteiger charge is 2.19. The second kappa shape index (κ2) is 6.44. The summed E-state index contributed by atoms with van der Waals surface area (Å²) in [6, 6.07) is 5.09. The maximum Gasteiger partial charge on any atom is 0.176 e. The van der Waals surface area contributed by atoms with Crippen molar-refractivity contribution in [3.63, 3.8) is 0 Å². The van der Waals surface area contributed by atoms with Gasteiger partial charge in [-0.05, 0) is 17.7 Å². The van der Waals surface area contributed by atoms with Crippen LogP contribution in [0.3, 0.4) is 0 Å². The van der Waals surface area contributed by atoms with E-state index in [4.69, 9.17) is 24.7 Å². The summed E-state index contributed by atoms with van der Waals surface area (Å²) in [6.07, 6.45) is -0.492. The van der Waals surface area contributed by atoms with Crippen LogP contribution in [0, 0.1) is 0 Å². The topological polar surface area (TPSA) is 62.9 Å². The van der Waals surface area contributed by atoms with Crippen LogP contribution in [0.2, 0.25) is 0 Å². The highest BCUT2D eigenvalue weighted by molar-refractivity contribution is 5.43. The molecule has 0 aromatic heterocycles. The first-order chi connectivity index (χ1) is 8.17. The number of nitrogens with two attached hydrogens (primary N) is 1. The van der Waals surface area contributed by atoms with E-state index in [1.54, 1.807) is 34.5 Å². The molecule has 1 aromatic rings. The van der Waals surface area contributed by atoms with Crippen LogP contribution in [0.1, 0.15) is 11.6 Å². The molecule has 0 amide bonds. The first-order valence-electron chi connectivity index (χ1n) is 5.21. The van der Waals surface area contributed by atoms with E-state index in [0.717, 1.165) is 5.56 Å². The van der Waals surface area contributed by atoms with Gasteiger partial charge in [0.2, 0.25) is 0 Å². The maximum atomic E-state index is 6.03. The van der Waals surface area contributed by atoms with Crippen LogP contribution in [-0.2, 0) is 9.47 Å². The fourth-order valence-electron chi connectivity index (χ4n) is 1.61. The number of rotatable bonds is 6. The Bertz CT molecular complexity index is 352. The molecule has 0 bridgehead atoms. The Hall–Kier alpha value is -1.30. The quantitative estimate of drug-likeness (QED) is 0.761. The van der Waals surface area contributed by atoms with Gasteiger partial charge in [0.25, 0.3) is 0 Å². The highest BCUT2D eigenvalue weighted by Crippen LogP contribution is 2.30. The molecule has 0 aliphatic rings. The Kier molecular flexibility index (Phi) is 5.21. The van der Waals surface area contributed by atoms with Crippen LogP contribution in [0.25, 0.3) is 0 Å². The van der Waals surface area contributed by atoms with Crippen molar-refractivity contribution in [2.45, 2.75) is 12.3 Å². The zero-order chi connectivity index (χ0) is 12.8. The normalized spacial score (nSPS) is 12.6. The molecule has 0 heterocycles. The lowest BCUT2D eigenvalue weighted by atomic mass is 10.1. The zero-order valence-corrected chi connectivity index (χ0v) is 10.6. The van der Waals surface area contributed by atoms with Crippen LogP contribution in [0.15, 0.2) is 18.2 Å². The molecule has 5 nitrogen and oxygen atoms in total. The van der Waals surface area contributed by atoms with Crippen LogP contribution < -0.4 is 15.2 Å². The molecule has 5 heteroatoms. The molecular weight excluding hydrogens is 222 g/mol. The summed E-state index contributed by atoms with van der Waals surface area (Å²) in [7, 11) is 6.27. The lowest BCUT2D eigenvalue weighted by Crippen LogP contribution is -2.29. The molecule has 1 unspecified atom stereocenters. The van der Waals surface area contributed by atoms with Gasteiger partial charge < -0.3 is 24.7 Å². The largest absolute Gasteiger partial charge is 0.493 e. The van der Waals surface area contributed by atoms with Gasteiger partial charge in [-0.15, -0.1) is 0 Å². The fourth-order valence-corrected chi connectivity index (χ4v) is 1.61. The van der Waals surface area contributed by atoms with Crippen molar-refractivity contribution in [2.75, 3.05) is 28.4 Å². The predicted octanol–water partition coefficient (Wildman–Crippen LogP) is 1.32. The Morgan fingerprint density at radius 1 is 0.941 bits per heavy atom. The molecule has 0 radical (unpaired) electrons. The van der Waals surface area contributed by atoms with Crippen molar-refractivity contribution < 1.29 is 18.9 Å². The molecule has 1 rings (SSSR count). The minimum atomic E-state index is -0.492. The third-order valence-electron chi connectivity index (χ3n) is 2.55. The molecule has 1 aromatic carbocycles. The summed E-state index contributed by atoms with van der Waals surface area (Å²) in [6.45, 7) is 0. The lowest BCUT2D eigenvalue weighted by molar-refractivity contribution is -0.117. The van der Waals surface area contributed by atoms with Crippen molar-refractivity contribution in [3.05, 3.63) is 23.8 Å². The molecule has 0 saturated heterocycles. The lowest BCUT2D eigenvalue weighted by Gasteiger charge is -2.22. The fraction of sp³-hybridized carbons (Fsp3) is 0.500. The van der Waals surface area contributed by atoms with E-state index in [-0.39, 0.29) is 6.04 Å². The van der Waals surface area contributed by atoms with Crippen molar-refractivity contribution in [2.24, 2.45) is 5.73 Å². The second-order valence-electron chi connectivity index (χ2n) is 3.48. The highest BCUT2D eigenvalue weighted by atomic mass is 16.7. The SMILES string of the molecule is COc1ccc(C(N)C(OC)OC)cc1OC. The number of hydrogen-bond acceptors (Lipinski definition) is 5. The Morgan fingerprint density at radius 3 is 2.00 bits per heavy atom. The van der Waals surface area contributed by atoms with Crippen LogP contribution in [-0.4, -0.2) is 34.7 Å². The second-order valence-corrected chi connectivity index (χ2v) is 3.48. The monoisotopic (exact) mass is 241 g/mol. The summed E-state index contributed by atoms with van der Waals surface area (Å²) in [5.74, 6) is 1.29. The third kappa shape index (κ3) is 3.09. The van der Waals surface area contributed by atoms with Gasteiger partial charge in [0.05, 0.1) is 20.3 Å². The van der Waals surface area contributed by atoms with Crippen molar-refractivity contribution in [3.8, 4) is 11.5 Å². The summed E-state index contributed by atoms with van der Waals surface area (Å²) >= 11 is 0. The van der Waals surface area contributed by atoms with Gasteiger partial charge in [-0.2, -0.15) is 0 Å². The maximum absolute atomic E-state index is 6.03. The minimum Gasteiger partial charge on any atom is -0.493 e. The van der Waals surface area contributed by atoms with Crippen molar-refractivity contribution in [1.29, 1.82) is 0 Å². The van der Waals surface area contributed by atoms with E-state index in [2.05, 4.69) is 0 Å². The van der Waals surface area contributed by atoms with E-state index in [0.29, 0.717) is 11.5 Å². The van der Waals surface area contributed by atoms with E-state index in [1.165, 1.54) is 0 Å². The van der Waals surface area contributed by atoms with Crippen LogP contribution >= 0.6 is 0 Å². The number of ether oxygens (including phenoxy) is 4. The number of methoxy groups -OCH3 is 4. The molecule has 96 valence electrons. The average molecular weight is 241 g/mol. The Labute approximate surface area is 101 Å². The molecule has 2 N–H and O–H groups in total. The van der Waals surface area contributed by atoms with Gasteiger partial charge in [0.15, 0.2) is 17.8 Å². The summed E-state index contributed by atoms with van der Waals surface area (Å²) in [4.78, 5) is 0. The molecule has 0 aliphatic heterocycles. The number of benzene rings is 1. The minimum absolute atomic E-state index is 0.384. The van der Waals surface area contributed by atoms with Gasteiger partial charge >= 0.3 is 0 Å². The van der Waals surface area contributed by atoms with Gasteiger partial charge in [0, 0.05) is 14.2 Å². The van der Waals surface area contributed by atoms with Crippen molar-refractivity contribution in [1.82, 2.24) is 0 Å². The van der Waals surface area contributed by atoms with Gasteiger partial charge in [0.1, 0.15) is 0 Å². The first-order valence-corrected chi connectivity index (χ1v) is 5.21. The van der Waals surface area contributed by atoms with Gasteiger partial charge in [-0.1, -0.05) is 6.07 Å². The van der Waals surface area contributed by atoms with Gasteiger partial charge in [-0.25, -0.2) is 0 Å². The Balaban J connectivity index is 2.98. The third-order valence-corrected chi connectivity index (χ3v) is 2.55. The zero-order valence-electron chi connectivity index (χ0n) is 10.6. The number of hydrogen-bond donors (Lipinski definition) is 1. The molecule has 0 aliphatic carbocycles. The molecular formula is C12H19NO4. The van der Waals surface area contributed by atoms with E-state index in [9.17, 15) is 0 Å². The molecule has 17 heavy (non-hydrogen) atoms. The van der Waals surface area contributed by atoms with E-state index < -0.39 is 6.29 Å². The average Bonchev–Trinajstić information content (AvgIpc) is 2.39. The summed E-state index contributed by atoms with van der Waals surface area (Å²) in [5, 5.41) is 0. The molecule has 0 spiro atoms. The van der Waals surface area contributed by atoms with Gasteiger partial charge in [-0.3, -0.25) is 0 Å². The van der Waals surface area contributed by atoms with E-state index >= 15 is 0 Å². The molecule has 1 atom stereocenters. The Morgan fingerprint density at radius 2 is 1.53 bits per heavy atom. The van der Waals surface area contributed by atoms with Crippen LogP contribution in [0.5, 0.6) is 11.5 Å². The molecule has 0 fully saturated rings. The standard InChI is InChI=1S/C12H19NO4/c1-14-9-6-5-8(7-10(9)15-2)11(13)12(16-3)17-4/h5-7,11-12H,13H2,1-4H3. The first kappa shape index (κ1) is 13.8. The summed E-state index contributed by atoms with van der Waals surface area (Å²) in [5.41, 5.74) is 6.89. The molecule has 0 saturated carbocycles. The smallest absolute Gasteiger partial charge is 0.176 e. The predicted molar refractivity (Wildman–Crippen MR) is 64.3 cm³/mol. The summed E-state index contributed by atoms with van der Waals surface area (Å²) < 4.78 is 20.6. The van der Waals surface area contributed by atoms with Crippen LogP contribution in [0.4, 0.5) is 0 Å².